The van der Waals surface area contributed by atoms with Gasteiger partial charge in [-0.1, -0.05) is 0 Å². The molecule has 9 heteroatoms. The Morgan fingerprint density at radius 1 is 1.29 bits per heavy atom. The lowest BCUT2D eigenvalue weighted by atomic mass is 10.3. The molecule has 9 nitrogen and oxygen atoms in total. The van der Waals surface area contributed by atoms with E-state index in [4.69, 9.17) is 4.74 Å². The van der Waals surface area contributed by atoms with E-state index < -0.39 is 17.7 Å². The van der Waals surface area contributed by atoms with Gasteiger partial charge in [0, 0.05) is 13.2 Å². The zero-order valence-corrected chi connectivity index (χ0v) is 11.4. The molecule has 0 saturated carbocycles. The number of amides is 3. The molecular formula is C12H14N4O5. The van der Waals surface area contributed by atoms with Crippen LogP contribution in [0.2, 0.25) is 0 Å². The summed E-state index contributed by atoms with van der Waals surface area (Å²) in [5.74, 6) is -1.68. The molecule has 0 aliphatic carbocycles. The van der Waals surface area contributed by atoms with E-state index in [1.807, 2.05) is 0 Å². The second-order valence-corrected chi connectivity index (χ2v) is 4.41. The van der Waals surface area contributed by atoms with E-state index in [9.17, 15) is 19.2 Å². The first-order valence-corrected chi connectivity index (χ1v) is 6.20. The van der Waals surface area contributed by atoms with Gasteiger partial charge in [-0.25, -0.2) is 4.68 Å². The molecule has 21 heavy (non-hydrogen) atoms. The van der Waals surface area contributed by atoms with Crippen LogP contribution in [0.25, 0.3) is 0 Å². The Morgan fingerprint density at radius 2 is 1.95 bits per heavy atom. The van der Waals surface area contributed by atoms with Gasteiger partial charge < -0.3 is 9.64 Å². The van der Waals surface area contributed by atoms with E-state index in [1.54, 1.807) is 0 Å². The average molecular weight is 294 g/mol. The van der Waals surface area contributed by atoms with Crippen LogP contribution in [0.5, 0.6) is 0 Å². The van der Waals surface area contributed by atoms with Gasteiger partial charge in [-0.3, -0.25) is 24.5 Å². The molecule has 2 heterocycles. The Kier molecular flexibility index (Phi) is 4.43. The molecule has 2 rings (SSSR count). The fourth-order valence-corrected chi connectivity index (χ4v) is 1.84. The van der Waals surface area contributed by atoms with Crippen molar-refractivity contribution in [2.75, 3.05) is 26.8 Å². The van der Waals surface area contributed by atoms with E-state index in [0.717, 1.165) is 9.58 Å². The van der Waals surface area contributed by atoms with E-state index in [2.05, 4.69) is 10.4 Å². The monoisotopic (exact) mass is 294 g/mol. The number of carbonyl (C=O) groups excluding carboxylic acids is 3. The average Bonchev–Trinajstić information content (AvgIpc) is 2.44. The Labute approximate surface area is 119 Å². The fourth-order valence-electron chi connectivity index (χ4n) is 1.84. The highest BCUT2D eigenvalue weighted by Gasteiger charge is 2.28. The van der Waals surface area contributed by atoms with Gasteiger partial charge in [-0.2, -0.15) is 5.10 Å². The van der Waals surface area contributed by atoms with Crippen molar-refractivity contribution in [2.45, 2.75) is 6.54 Å². The van der Waals surface area contributed by atoms with Crippen molar-refractivity contribution in [3.63, 3.8) is 0 Å². The second-order valence-electron chi connectivity index (χ2n) is 4.41. The Balaban J connectivity index is 2.20. The molecule has 112 valence electrons. The number of hydrogen-bond donors (Lipinski definition) is 1. The second kappa shape index (κ2) is 6.27. The number of carbonyl (C=O) groups is 3. The molecule has 0 aromatic carbocycles. The summed E-state index contributed by atoms with van der Waals surface area (Å²) in [5, 5.41) is 6.03. The first-order valence-electron chi connectivity index (χ1n) is 6.20. The molecule has 1 aliphatic rings. The number of methoxy groups -OCH3 is 1. The minimum atomic E-state index is -0.579. The van der Waals surface area contributed by atoms with Crippen LogP contribution in [0.3, 0.4) is 0 Å². The molecule has 0 atom stereocenters. The molecular weight excluding hydrogens is 280 g/mol. The smallest absolute Gasteiger partial charge is 0.275 e. The number of imide groups is 1. The van der Waals surface area contributed by atoms with Crippen LogP contribution >= 0.6 is 0 Å². The number of nitrogens with zero attached hydrogens (tertiary/aromatic N) is 3. The normalized spacial score (nSPS) is 15.0. The quantitative estimate of drug-likeness (QED) is 0.642. The Morgan fingerprint density at radius 3 is 2.57 bits per heavy atom. The summed E-state index contributed by atoms with van der Waals surface area (Å²) in [5.41, 5.74) is -0.371. The van der Waals surface area contributed by atoms with Crippen molar-refractivity contribution in [1.29, 1.82) is 0 Å². The van der Waals surface area contributed by atoms with Gasteiger partial charge in [0.25, 0.3) is 11.5 Å². The Hall–Kier alpha value is -2.55. The molecule has 1 aliphatic heterocycles. The molecule has 1 aromatic heterocycles. The van der Waals surface area contributed by atoms with Crippen molar-refractivity contribution >= 4 is 17.7 Å². The van der Waals surface area contributed by atoms with Crippen LogP contribution < -0.4 is 10.9 Å². The molecule has 0 radical (unpaired) electrons. The fraction of sp³-hybridized carbons (Fsp3) is 0.417. The maximum absolute atomic E-state index is 12.2. The largest absolute Gasteiger partial charge is 0.383 e. The van der Waals surface area contributed by atoms with E-state index in [1.165, 1.54) is 19.2 Å². The van der Waals surface area contributed by atoms with Crippen molar-refractivity contribution < 1.29 is 19.1 Å². The van der Waals surface area contributed by atoms with Gasteiger partial charge in [-0.05, 0) is 6.07 Å². The lowest BCUT2D eigenvalue weighted by Gasteiger charge is -2.25. The number of rotatable bonds is 4. The van der Waals surface area contributed by atoms with Crippen LogP contribution in [-0.4, -0.2) is 59.2 Å². The summed E-state index contributed by atoms with van der Waals surface area (Å²) >= 11 is 0. The van der Waals surface area contributed by atoms with E-state index in [-0.39, 0.29) is 37.5 Å². The minimum absolute atomic E-state index is 0.00629. The highest BCUT2D eigenvalue weighted by Crippen LogP contribution is 2.03. The first-order chi connectivity index (χ1) is 10.0. The summed E-state index contributed by atoms with van der Waals surface area (Å²) in [7, 11) is 1.48. The van der Waals surface area contributed by atoms with Crippen molar-refractivity contribution in [1.82, 2.24) is 20.0 Å². The molecule has 0 unspecified atom stereocenters. The highest BCUT2D eigenvalue weighted by atomic mass is 16.5. The van der Waals surface area contributed by atoms with Crippen LogP contribution in [0.1, 0.15) is 10.5 Å². The number of piperazine rings is 1. The van der Waals surface area contributed by atoms with Crippen LogP contribution in [0.4, 0.5) is 0 Å². The Bertz CT molecular complexity index is 623. The first kappa shape index (κ1) is 14.9. The zero-order valence-electron chi connectivity index (χ0n) is 11.4. The van der Waals surface area contributed by atoms with E-state index >= 15 is 0 Å². The highest BCUT2D eigenvalue weighted by molar-refractivity contribution is 6.05. The SMILES string of the molecule is COCCn1nc(C(=O)N2CC(=O)NC(=O)C2)ccc1=O. The number of aromatic nitrogens is 2. The number of hydrogen-bond acceptors (Lipinski definition) is 6. The third-order valence-corrected chi connectivity index (χ3v) is 2.83. The van der Waals surface area contributed by atoms with Crippen molar-refractivity contribution in [3.8, 4) is 0 Å². The van der Waals surface area contributed by atoms with E-state index in [0.29, 0.717) is 0 Å². The maximum atomic E-state index is 12.2. The third kappa shape index (κ3) is 3.51. The van der Waals surface area contributed by atoms with Crippen LogP contribution in [-0.2, 0) is 20.9 Å². The van der Waals surface area contributed by atoms with Gasteiger partial charge in [0.1, 0.15) is 18.8 Å². The number of nitrogens with one attached hydrogen (secondary N) is 1. The predicted octanol–water partition coefficient (Wildman–Crippen LogP) is -2.01. The minimum Gasteiger partial charge on any atom is -0.383 e. The summed E-state index contributed by atoms with van der Waals surface area (Å²) in [4.78, 5) is 47.4. The summed E-state index contributed by atoms with van der Waals surface area (Å²) in [6.45, 7) is 0.0396. The van der Waals surface area contributed by atoms with Crippen molar-refractivity contribution in [2.24, 2.45) is 0 Å². The predicted molar refractivity (Wildman–Crippen MR) is 69.4 cm³/mol. The summed E-state index contributed by atoms with van der Waals surface area (Å²) in [6.07, 6.45) is 0. The van der Waals surface area contributed by atoms with Gasteiger partial charge in [0.2, 0.25) is 11.8 Å². The molecule has 1 fully saturated rings. The molecule has 0 bridgehead atoms. The van der Waals surface area contributed by atoms with Gasteiger partial charge in [0.05, 0.1) is 13.2 Å². The number of ether oxygens (including phenoxy) is 1. The van der Waals surface area contributed by atoms with Crippen molar-refractivity contribution in [3.05, 3.63) is 28.2 Å². The molecule has 0 spiro atoms. The van der Waals surface area contributed by atoms with Crippen LogP contribution in [0, 0.1) is 0 Å². The lowest BCUT2D eigenvalue weighted by Crippen LogP contribution is -2.53. The topological polar surface area (TPSA) is 111 Å². The standard InChI is InChI=1S/C12H14N4O5/c1-21-5-4-16-11(19)3-2-8(14-16)12(20)15-6-9(17)13-10(18)7-15/h2-3H,4-7H2,1H3,(H,13,17,18). The van der Waals surface area contributed by atoms with Gasteiger partial charge in [-0.15, -0.1) is 0 Å². The molecule has 1 saturated heterocycles. The summed E-state index contributed by atoms with van der Waals surface area (Å²) < 4.78 is 5.95. The maximum Gasteiger partial charge on any atom is 0.275 e. The molecule has 1 aromatic rings. The molecule has 3 amide bonds. The summed E-state index contributed by atoms with van der Waals surface area (Å²) in [6, 6.07) is 2.48. The third-order valence-electron chi connectivity index (χ3n) is 2.83. The van der Waals surface area contributed by atoms with Gasteiger partial charge >= 0.3 is 0 Å². The van der Waals surface area contributed by atoms with Crippen LogP contribution in [0.15, 0.2) is 16.9 Å². The van der Waals surface area contributed by atoms with Gasteiger partial charge in [0.15, 0.2) is 0 Å². The zero-order chi connectivity index (χ0) is 15.4. The lowest BCUT2D eigenvalue weighted by molar-refractivity contribution is -0.135. The molecule has 1 N–H and O–H groups in total.